The normalized spacial score (nSPS) is 23.6. The van der Waals surface area contributed by atoms with Gasteiger partial charge in [0.05, 0.1) is 11.5 Å². The lowest BCUT2D eigenvalue weighted by Gasteiger charge is -2.20. The minimum atomic E-state index is -3.55. The Balaban J connectivity index is 0.000000184. The van der Waals surface area contributed by atoms with E-state index in [2.05, 4.69) is 12.2 Å². The van der Waals surface area contributed by atoms with Gasteiger partial charge in [0.15, 0.2) is 0 Å². The largest absolute Gasteiger partial charge is 0.480 e. The number of hydrogen-bond donors (Lipinski definition) is 2. The zero-order valence-electron chi connectivity index (χ0n) is 23.5. The summed E-state index contributed by atoms with van der Waals surface area (Å²) in [6.45, 7) is 6.42. The Bertz CT molecular complexity index is 1270. The van der Waals surface area contributed by atoms with Crippen LogP contribution in [-0.2, 0) is 36.3 Å². The predicted molar refractivity (Wildman–Crippen MR) is 158 cm³/mol. The maximum absolute atomic E-state index is 12.2. The highest BCUT2D eigenvalue weighted by atomic mass is 32.2. The lowest BCUT2D eigenvalue weighted by molar-refractivity contribution is -0.140. The fraction of sp³-hybridized carbons (Fsp3) is 0.552. The summed E-state index contributed by atoms with van der Waals surface area (Å²) in [4.78, 5) is 11.0. The third-order valence-electron chi connectivity index (χ3n) is 7.39. The molecule has 0 saturated carbocycles. The van der Waals surface area contributed by atoms with Crippen LogP contribution in [-0.4, -0.2) is 74.3 Å². The molecule has 3 fully saturated rings. The predicted octanol–water partition coefficient (Wildman–Crippen LogP) is 3.82. The molecule has 222 valence electrons. The molecule has 5 rings (SSSR count). The van der Waals surface area contributed by atoms with Gasteiger partial charge in [-0.15, -0.1) is 0 Å². The molecule has 0 spiro atoms. The van der Waals surface area contributed by atoms with Crippen molar-refractivity contribution < 1.29 is 26.7 Å². The van der Waals surface area contributed by atoms with Crippen LogP contribution in [0.5, 0.6) is 0 Å². The number of rotatable bonds is 7. The molecule has 2 N–H and O–H groups in total. The third-order valence-corrected chi connectivity index (χ3v) is 11.2. The number of nitrogens with zero attached hydrogens (tertiary/aromatic N) is 2. The zero-order chi connectivity index (χ0) is 29.2. The SMILES string of the molecule is CC1CCCN1.CC1CCCN1S(=O)(=O)Cc1ccccc1.O=C(O)C1CCCN1S(=O)(=O)Cc1ccccc1. The number of hydrogen-bond acceptors (Lipinski definition) is 6. The van der Waals surface area contributed by atoms with Gasteiger partial charge in [-0.1, -0.05) is 60.7 Å². The Labute approximate surface area is 239 Å². The summed E-state index contributed by atoms with van der Waals surface area (Å²) >= 11 is 0. The van der Waals surface area contributed by atoms with Crippen LogP contribution in [0.1, 0.15) is 63.5 Å². The van der Waals surface area contributed by atoms with E-state index < -0.39 is 32.1 Å². The molecule has 3 aliphatic rings. The molecule has 0 bridgehead atoms. The van der Waals surface area contributed by atoms with Crippen LogP contribution < -0.4 is 5.32 Å². The van der Waals surface area contributed by atoms with Crippen molar-refractivity contribution in [3.8, 4) is 0 Å². The number of aliphatic carboxylic acids is 1. The number of carboxylic acid groups (broad SMARTS) is 1. The molecule has 11 heteroatoms. The summed E-state index contributed by atoms with van der Waals surface area (Å²) < 4.78 is 51.4. The van der Waals surface area contributed by atoms with E-state index in [4.69, 9.17) is 5.11 Å². The van der Waals surface area contributed by atoms with Crippen molar-refractivity contribution in [2.24, 2.45) is 0 Å². The van der Waals surface area contributed by atoms with Crippen molar-refractivity contribution in [3.05, 3.63) is 71.8 Å². The number of sulfonamides is 2. The van der Waals surface area contributed by atoms with E-state index in [0.29, 0.717) is 31.5 Å². The van der Waals surface area contributed by atoms with E-state index in [-0.39, 0.29) is 17.5 Å². The van der Waals surface area contributed by atoms with Crippen LogP contribution in [0.3, 0.4) is 0 Å². The molecule has 40 heavy (non-hydrogen) atoms. The van der Waals surface area contributed by atoms with Crippen molar-refractivity contribution in [3.63, 3.8) is 0 Å². The van der Waals surface area contributed by atoms with Gasteiger partial charge in [-0.3, -0.25) is 4.79 Å². The molecule has 2 aromatic rings. The smallest absolute Gasteiger partial charge is 0.322 e. The van der Waals surface area contributed by atoms with Crippen LogP contribution in [0.15, 0.2) is 60.7 Å². The summed E-state index contributed by atoms with van der Waals surface area (Å²) in [7, 11) is -6.68. The first-order valence-corrected chi connectivity index (χ1v) is 17.2. The lowest BCUT2D eigenvalue weighted by atomic mass is 10.2. The Morgan fingerprint density at radius 3 is 1.68 bits per heavy atom. The Morgan fingerprint density at radius 2 is 1.27 bits per heavy atom. The monoisotopic (exact) mass is 593 g/mol. The van der Waals surface area contributed by atoms with Crippen molar-refractivity contribution in [2.75, 3.05) is 19.6 Å². The fourth-order valence-electron chi connectivity index (χ4n) is 5.23. The first kappa shape index (κ1) is 32.2. The van der Waals surface area contributed by atoms with Gasteiger partial charge in [0, 0.05) is 25.2 Å². The molecule has 3 heterocycles. The van der Waals surface area contributed by atoms with Gasteiger partial charge >= 0.3 is 5.97 Å². The van der Waals surface area contributed by atoms with Gasteiger partial charge in [-0.25, -0.2) is 16.8 Å². The summed E-state index contributed by atoms with van der Waals surface area (Å²) in [5.41, 5.74) is 1.54. The second kappa shape index (κ2) is 15.1. The average molecular weight is 594 g/mol. The summed E-state index contributed by atoms with van der Waals surface area (Å²) in [6, 6.07) is 18.2. The highest BCUT2D eigenvalue weighted by molar-refractivity contribution is 7.88. The molecule has 3 saturated heterocycles. The number of nitrogens with one attached hydrogen (secondary N) is 1. The van der Waals surface area contributed by atoms with E-state index in [9.17, 15) is 21.6 Å². The Kier molecular flexibility index (Phi) is 12.1. The van der Waals surface area contributed by atoms with E-state index in [1.165, 1.54) is 19.4 Å². The van der Waals surface area contributed by atoms with Crippen LogP contribution in [0, 0.1) is 0 Å². The van der Waals surface area contributed by atoms with Crippen molar-refractivity contribution in [2.45, 2.75) is 82.0 Å². The Hall–Kier alpha value is -2.31. The fourth-order valence-corrected chi connectivity index (χ4v) is 8.84. The molecule has 0 amide bonds. The second-order valence-electron chi connectivity index (χ2n) is 10.7. The van der Waals surface area contributed by atoms with E-state index in [1.54, 1.807) is 28.6 Å². The maximum Gasteiger partial charge on any atom is 0.322 e. The summed E-state index contributed by atoms with van der Waals surface area (Å²) in [5, 5.41) is 12.3. The molecular weight excluding hydrogens is 550 g/mol. The molecule has 2 aromatic carbocycles. The van der Waals surface area contributed by atoms with E-state index >= 15 is 0 Å². The molecule has 3 unspecified atom stereocenters. The molecule has 9 nitrogen and oxygen atoms in total. The standard InChI is InChI=1S/C12H15NO4S.C12H17NO2S.C5H11N/c14-12(15)11-7-4-8-13(11)18(16,17)9-10-5-2-1-3-6-10;1-11-6-5-9-13(11)16(14,15)10-12-7-3-2-4-8-12;1-5-3-2-4-6-5/h1-3,5-6,11H,4,7-9H2,(H,14,15);2-4,7-8,11H,5-6,9-10H2,1H3;5-6H,2-4H2,1H3. The topological polar surface area (TPSA) is 124 Å². The third kappa shape index (κ3) is 9.66. The van der Waals surface area contributed by atoms with E-state index in [0.717, 1.165) is 28.8 Å². The quantitative estimate of drug-likeness (QED) is 0.500. The molecule has 0 aliphatic carbocycles. The van der Waals surface area contributed by atoms with Crippen molar-refractivity contribution in [1.29, 1.82) is 0 Å². The van der Waals surface area contributed by atoms with Gasteiger partial charge in [0.1, 0.15) is 6.04 Å². The van der Waals surface area contributed by atoms with Gasteiger partial charge in [0.2, 0.25) is 20.0 Å². The number of carbonyl (C=O) groups is 1. The first-order valence-electron chi connectivity index (χ1n) is 14.0. The van der Waals surface area contributed by atoms with Crippen LogP contribution >= 0.6 is 0 Å². The summed E-state index contributed by atoms with van der Waals surface area (Å²) in [6.07, 6.45) is 5.71. The summed E-state index contributed by atoms with van der Waals surface area (Å²) in [5.74, 6) is -1.08. The molecule has 0 aromatic heterocycles. The first-order chi connectivity index (χ1) is 19.0. The van der Waals surface area contributed by atoms with Gasteiger partial charge in [-0.05, 0) is 70.0 Å². The highest BCUT2D eigenvalue weighted by Crippen LogP contribution is 2.24. The highest BCUT2D eigenvalue weighted by Gasteiger charge is 2.38. The van der Waals surface area contributed by atoms with Crippen LogP contribution in [0.25, 0.3) is 0 Å². The van der Waals surface area contributed by atoms with E-state index in [1.807, 2.05) is 43.3 Å². The van der Waals surface area contributed by atoms with Crippen molar-refractivity contribution >= 4 is 26.0 Å². The van der Waals surface area contributed by atoms with Crippen LogP contribution in [0.2, 0.25) is 0 Å². The van der Waals surface area contributed by atoms with Gasteiger partial charge in [-0.2, -0.15) is 8.61 Å². The molecule has 0 radical (unpaired) electrons. The molecule has 3 atom stereocenters. The Morgan fingerprint density at radius 1 is 0.775 bits per heavy atom. The maximum atomic E-state index is 12.2. The van der Waals surface area contributed by atoms with Crippen LogP contribution in [0.4, 0.5) is 0 Å². The van der Waals surface area contributed by atoms with Gasteiger partial charge in [0.25, 0.3) is 0 Å². The minimum absolute atomic E-state index is 0.123. The van der Waals surface area contributed by atoms with Gasteiger partial charge < -0.3 is 10.4 Å². The zero-order valence-corrected chi connectivity index (χ0v) is 25.1. The average Bonchev–Trinajstić information content (AvgIpc) is 3.68. The van der Waals surface area contributed by atoms with Crippen molar-refractivity contribution in [1.82, 2.24) is 13.9 Å². The number of carboxylic acids is 1. The minimum Gasteiger partial charge on any atom is -0.480 e. The number of benzene rings is 2. The molecule has 3 aliphatic heterocycles. The molecular formula is C29H43N3O6S2. The second-order valence-corrected chi connectivity index (χ2v) is 14.5. The lowest BCUT2D eigenvalue weighted by Crippen LogP contribution is -2.40.